The minimum Gasteiger partial charge on any atom is -0.376 e. The van der Waals surface area contributed by atoms with Gasteiger partial charge in [-0.1, -0.05) is 0 Å². The molecule has 0 aromatic heterocycles. The molecule has 0 saturated carbocycles. The van der Waals surface area contributed by atoms with Gasteiger partial charge in [-0.25, -0.2) is 4.67 Å². The fourth-order valence-electron chi connectivity index (χ4n) is 2.57. The number of hydrogen-bond acceptors (Lipinski definition) is 6. The maximum absolute atomic E-state index is 12.3. The number of hydrogen-bond donors (Lipinski definition) is 0. The van der Waals surface area contributed by atoms with Gasteiger partial charge >= 0.3 is 0 Å². The molecule has 7 nitrogen and oxygen atoms in total. The van der Waals surface area contributed by atoms with Gasteiger partial charge in [0.15, 0.2) is 6.29 Å². The Morgan fingerprint density at radius 1 is 1.16 bits per heavy atom. The summed E-state index contributed by atoms with van der Waals surface area (Å²) in [5, 5.41) is 0. The second kappa shape index (κ2) is 5.77. The van der Waals surface area contributed by atoms with Crippen LogP contribution in [0.3, 0.4) is 0 Å². The highest BCUT2D eigenvalue weighted by atomic mass is 31.2. The molecule has 112 valence electrons. The molecular formula is C11H22NO6P. The van der Waals surface area contributed by atoms with Crippen molar-refractivity contribution in [2.75, 3.05) is 41.6 Å². The Morgan fingerprint density at radius 2 is 1.79 bits per heavy atom. The van der Waals surface area contributed by atoms with Gasteiger partial charge in [-0.2, -0.15) is 0 Å². The first kappa shape index (κ1) is 15.4. The van der Waals surface area contributed by atoms with E-state index in [0.717, 1.165) is 0 Å². The fourth-order valence-corrected chi connectivity index (χ4v) is 3.90. The van der Waals surface area contributed by atoms with Crippen LogP contribution in [0.25, 0.3) is 0 Å². The van der Waals surface area contributed by atoms with Crippen molar-refractivity contribution < 1.29 is 28.0 Å². The number of methoxy groups -OCH3 is 3. The second-order valence-corrected chi connectivity index (χ2v) is 7.39. The van der Waals surface area contributed by atoms with Gasteiger partial charge in [0, 0.05) is 34.5 Å². The van der Waals surface area contributed by atoms with Crippen molar-refractivity contribution in [1.29, 1.82) is 0 Å². The van der Waals surface area contributed by atoms with E-state index < -0.39 is 26.0 Å². The smallest absolute Gasteiger partial charge is 0.269 e. The zero-order chi connectivity index (χ0) is 14.2. The van der Waals surface area contributed by atoms with Gasteiger partial charge in [0.2, 0.25) is 0 Å². The van der Waals surface area contributed by atoms with E-state index in [1.165, 1.54) is 0 Å². The number of likely N-dealkylation sites (N-methyl/N-ethyl adjacent to an activating group) is 1. The topological polar surface area (TPSA) is 66.5 Å². The van der Waals surface area contributed by atoms with Gasteiger partial charge < -0.3 is 23.5 Å². The molecule has 0 spiro atoms. The van der Waals surface area contributed by atoms with Gasteiger partial charge in [-0.15, -0.1) is 0 Å². The molecule has 2 heterocycles. The van der Waals surface area contributed by atoms with E-state index in [9.17, 15) is 4.57 Å². The van der Waals surface area contributed by atoms with Crippen LogP contribution in [-0.2, 0) is 28.0 Å². The van der Waals surface area contributed by atoms with E-state index in [1.807, 2.05) is 0 Å². The van der Waals surface area contributed by atoms with Crippen LogP contribution >= 0.6 is 7.52 Å². The van der Waals surface area contributed by atoms with Crippen molar-refractivity contribution in [2.45, 2.75) is 30.7 Å². The molecule has 2 rings (SSSR count). The number of nitrogens with zero attached hydrogens (tertiary/aromatic N) is 1. The van der Waals surface area contributed by atoms with Gasteiger partial charge in [0.25, 0.3) is 7.52 Å². The molecule has 8 heteroatoms. The Hall–Kier alpha value is -0.0100. The van der Waals surface area contributed by atoms with Gasteiger partial charge in [-0.05, 0) is 7.05 Å². The molecule has 2 aliphatic rings. The molecule has 2 fully saturated rings. The summed E-state index contributed by atoms with van der Waals surface area (Å²) in [6.45, 7) is 2.11. The zero-order valence-corrected chi connectivity index (χ0v) is 12.8. The van der Waals surface area contributed by atoms with E-state index in [1.54, 1.807) is 39.7 Å². The Balaban J connectivity index is 2.25. The molecule has 0 aliphatic carbocycles. The zero-order valence-electron chi connectivity index (χ0n) is 11.9. The van der Waals surface area contributed by atoms with E-state index in [-0.39, 0.29) is 12.2 Å². The van der Waals surface area contributed by atoms with Crippen LogP contribution in [0.5, 0.6) is 0 Å². The van der Waals surface area contributed by atoms with Gasteiger partial charge in [0.05, 0.1) is 0 Å². The normalized spacial score (nSPS) is 47.9. The van der Waals surface area contributed by atoms with E-state index in [2.05, 4.69) is 0 Å². The van der Waals surface area contributed by atoms with Crippen LogP contribution < -0.4 is 0 Å². The minimum atomic E-state index is -2.81. The number of ether oxygens (including phenoxy) is 4. The quantitative estimate of drug-likeness (QED) is 0.704. The SMILES string of the molecule is CO[C@H]1O[C@@H]2CN(C)[P@](C)(=O)O[C@H]2[C@H](OC)[C@H]1OC. The molecule has 0 amide bonds. The highest BCUT2D eigenvalue weighted by Crippen LogP contribution is 2.52. The van der Waals surface area contributed by atoms with Crippen LogP contribution in [-0.4, -0.2) is 77.0 Å². The van der Waals surface area contributed by atoms with Gasteiger partial charge in [-0.3, -0.25) is 4.57 Å². The lowest BCUT2D eigenvalue weighted by molar-refractivity contribution is -0.299. The monoisotopic (exact) mass is 295 g/mol. The Morgan fingerprint density at radius 3 is 2.32 bits per heavy atom. The largest absolute Gasteiger partial charge is 0.376 e. The molecule has 0 radical (unpaired) electrons. The van der Waals surface area contributed by atoms with Crippen LogP contribution in [0, 0.1) is 0 Å². The lowest BCUT2D eigenvalue weighted by Crippen LogP contribution is -2.63. The summed E-state index contributed by atoms with van der Waals surface area (Å²) in [5.41, 5.74) is 0. The summed E-state index contributed by atoms with van der Waals surface area (Å²) < 4.78 is 41.7. The predicted octanol–water partition coefficient (Wildman–Crippen LogP) is 0.541. The lowest BCUT2D eigenvalue weighted by atomic mass is 9.98. The molecule has 0 aromatic rings. The third-order valence-corrected chi connectivity index (χ3v) is 5.79. The summed E-state index contributed by atoms with van der Waals surface area (Å²) in [6.07, 6.45) is -2.00. The van der Waals surface area contributed by atoms with Crippen molar-refractivity contribution in [3.63, 3.8) is 0 Å². The molecule has 0 unspecified atom stereocenters. The average Bonchev–Trinajstić information content (AvgIpc) is 2.37. The number of fused-ring (bicyclic) bond motifs is 1. The lowest BCUT2D eigenvalue weighted by Gasteiger charge is -2.49. The van der Waals surface area contributed by atoms with Crippen molar-refractivity contribution in [2.24, 2.45) is 0 Å². The second-order valence-electron chi connectivity index (χ2n) is 4.89. The third kappa shape index (κ3) is 2.74. The molecule has 6 atom stereocenters. The van der Waals surface area contributed by atoms with Crippen molar-refractivity contribution in [1.82, 2.24) is 4.67 Å². The molecule has 0 N–H and O–H groups in total. The highest BCUT2D eigenvalue weighted by molar-refractivity contribution is 7.55. The summed E-state index contributed by atoms with van der Waals surface area (Å²) in [7, 11) is 3.65. The highest BCUT2D eigenvalue weighted by Gasteiger charge is 2.53. The fraction of sp³-hybridized carbons (Fsp3) is 1.00. The average molecular weight is 295 g/mol. The van der Waals surface area contributed by atoms with E-state index in [0.29, 0.717) is 6.54 Å². The maximum atomic E-state index is 12.3. The van der Waals surface area contributed by atoms with Crippen molar-refractivity contribution >= 4 is 7.52 Å². The molecular weight excluding hydrogens is 273 g/mol. The summed E-state index contributed by atoms with van der Waals surface area (Å²) >= 11 is 0. The van der Waals surface area contributed by atoms with Crippen LogP contribution in [0.4, 0.5) is 0 Å². The molecule has 2 aliphatic heterocycles. The first-order valence-corrected chi connectivity index (χ1v) is 8.18. The molecule has 0 aromatic carbocycles. The van der Waals surface area contributed by atoms with E-state index >= 15 is 0 Å². The van der Waals surface area contributed by atoms with Crippen LogP contribution in [0.1, 0.15) is 0 Å². The third-order valence-electron chi connectivity index (χ3n) is 3.75. The van der Waals surface area contributed by atoms with E-state index in [4.69, 9.17) is 23.5 Å². The Bertz CT molecular complexity index is 367. The Kier molecular flexibility index (Phi) is 4.67. The minimum absolute atomic E-state index is 0.256. The van der Waals surface area contributed by atoms with Crippen molar-refractivity contribution in [3.8, 4) is 0 Å². The summed E-state index contributed by atoms with van der Waals surface area (Å²) in [4.78, 5) is 0. The molecule has 0 bridgehead atoms. The number of rotatable bonds is 3. The first-order valence-electron chi connectivity index (χ1n) is 6.16. The summed E-state index contributed by atoms with van der Waals surface area (Å²) in [6, 6.07) is 0. The standard InChI is InChI=1S/C11H22NO6P/c1-12-6-7-8(18-19(12,5)13)9(14-2)10(15-3)11(16-4)17-7/h7-11H,6H2,1-5H3/t7-,8-,9+,10-,11+,19-/m1/s1. The predicted molar refractivity (Wildman–Crippen MR) is 68.3 cm³/mol. The van der Waals surface area contributed by atoms with Gasteiger partial charge in [0.1, 0.15) is 24.4 Å². The first-order chi connectivity index (χ1) is 8.94. The van der Waals surface area contributed by atoms with Crippen molar-refractivity contribution in [3.05, 3.63) is 0 Å². The van der Waals surface area contributed by atoms with Crippen LogP contribution in [0.15, 0.2) is 0 Å². The van der Waals surface area contributed by atoms with Crippen LogP contribution in [0.2, 0.25) is 0 Å². The summed E-state index contributed by atoms with van der Waals surface area (Å²) in [5.74, 6) is 0. The Labute approximate surface area is 113 Å². The molecule has 2 saturated heterocycles. The molecule has 19 heavy (non-hydrogen) atoms. The maximum Gasteiger partial charge on any atom is 0.269 e.